The molecule has 0 aromatic rings. The highest BCUT2D eigenvalue weighted by Gasteiger charge is 2.45. The van der Waals surface area contributed by atoms with Gasteiger partial charge in [-0.2, -0.15) is 0 Å². The second-order valence-electron chi connectivity index (χ2n) is 8.91. The molecule has 0 bridgehead atoms. The smallest absolute Gasteiger partial charge is 0.240 e. The summed E-state index contributed by atoms with van der Waals surface area (Å²) < 4.78 is 12.8. The summed E-state index contributed by atoms with van der Waals surface area (Å²) >= 11 is 1.74. The van der Waals surface area contributed by atoms with Crippen LogP contribution in [0.25, 0.3) is 0 Å². The largest absolute Gasteiger partial charge is 0.349 e. The quantitative estimate of drug-likeness (QED) is 0.439. The highest BCUT2D eigenvalue weighted by atomic mass is 127. The molecule has 1 saturated carbocycles. The summed E-state index contributed by atoms with van der Waals surface area (Å²) in [6, 6.07) is -0.738. The van der Waals surface area contributed by atoms with E-state index in [-0.39, 0.29) is 42.6 Å². The van der Waals surface area contributed by atoms with Gasteiger partial charge in [0.05, 0.1) is 18.5 Å². The third-order valence-corrected chi connectivity index (χ3v) is 7.56. The molecule has 3 atom stereocenters. The Morgan fingerprint density at radius 3 is 2.38 bits per heavy atom. The highest BCUT2D eigenvalue weighted by molar-refractivity contribution is 14.1. The molecule has 0 aromatic heterocycles. The Morgan fingerprint density at radius 1 is 1.24 bits per heavy atom. The third-order valence-electron chi connectivity index (χ3n) is 6.68. The normalized spacial score (nSPS) is 32.4. The van der Waals surface area contributed by atoms with Crippen molar-refractivity contribution in [2.75, 3.05) is 33.7 Å². The SMILES string of the molecule is CN(C)C(=O)[C@@H](C1CCC(N2CCCC2=O)CC1)C(N)C(=O)N1CCC(F)(I)C1. The van der Waals surface area contributed by atoms with Crippen LogP contribution in [0, 0.1) is 11.8 Å². The van der Waals surface area contributed by atoms with Gasteiger partial charge in [-0.15, -0.1) is 0 Å². The molecule has 9 heteroatoms. The van der Waals surface area contributed by atoms with Gasteiger partial charge in [-0.05, 0) is 60.6 Å². The number of alkyl halides is 2. The van der Waals surface area contributed by atoms with Gasteiger partial charge in [0, 0.05) is 46.1 Å². The monoisotopic (exact) mass is 522 g/mol. The van der Waals surface area contributed by atoms with E-state index in [1.54, 1.807) is 36.7 Å². The average molecular weight is 522 g/mol. The van der Waals surface area contributed by atoms with Gasteiger partial charge in [0.15, 0.2) is 3.68 Å². The van der Waals surface area contributed by atoms with E-state index < -0.39 is 15.6 Å². The number of likely N-dealkylation sites (tertiary alicyclic amines) is 2. The van der Waals surface area contributed by atoms with E-state index in [2.05, 4.69) is 0 Å². The van der Waals surface area contributed by atoms with Gasteiger partial charge in [-0.25, -0.2) is 4.39 Å². The summed E-state index contributed by atoms with van der Waals surface area (Å²) in [5, 5.41) is 0. The molecule has 0 radical (unpaired) electrons. The number of halogens is 2. The van der Waals surface area contributed by atoms with Crippen molar-refractivity contribution in [3.8, 4) is 0 Å². The molecule has 1 aliphatic carbocycles. The zero-order chi connectivity index (χ0) is 21.3. The van der Waals surface area contributed by atoms with E-state index in [0.29, 0.717) is 13.0 Å². The van der Waals surface area contributed by atoms with E-state index in [9.17, 15) is 18.8 Å². The van der Waals surface area contributed by atoms with Crippen molar-refractivity contribution in [2.24, 2.45) is 17.6 Å². The Hall–Kier alpha value is -0.970. The van der Waals surface area contributed by atoms with Crippen molar-refractivity contribution in [3.05, 3.63) is 0 Å². The maximum Gasteiger partial charge on any atom is 0.240 e. The van der Waals surface area contributed by atoms with Crippen LogP contribution < -0.4 is 5.73 Å². The maximum absolute atomic E-state index is 14.2. The van der Waals surface area contributed by atoms with E-state index in [1.807, 2.05) is 4.90 Å². The summed E-state index contributed by atoms with van der Waals surface area (Å²) in [4.78, 5) is 42.9. The van der Waals surface area contributed by atoms with E-state index >= 15 is 0 Å². The molecule has 2 saturated heterocycles. The molecule has 29 heavy (non-hydrogen) atoms. The predicted molar refractivity (Wildman–Crippen MR) is 116 cm³/mol. The zero-order valence-corrected chi connectivity index (χ0v) is 19.4. The molecule has 3 fully saturated rings. The van der Waals surface area contributed by atoms with Crippen molar-refractivity contribution in [1.29, 1.82) is 0 Å². The Labute approximate surface area is 185 Å². The number of carbonyl (C=O) groups is 3. The number of rotatable bonds is 5. The fourth-order valence-corrected chi connectivity index (χ4v) is 5.72. The van der Waals surface area contributed by atoms with Crippen molar-refractivity contribution in [3.63, 3.8) is 0 Å². The van der Waals surface area contributed by atoms with Crippen LogP contribution in [-0.2, 0) is 14.4 Å². The van der Waals surface area contributed by atoms with E-state index in [4.69, 9.17) is 5.73 Å². The number of amides is 3. The van der Waals surface area contributed by atoms with Gasteiger partial charge in [-0.1, -0.05) is 0 Å². The molecular formula is C20H32FIN4O3. The fraction of sp³-hybridized carbons (Fsp3) is 0.850. The Morgan fingerprint density at radius 2 is 1.90 bits per heavy atom. The minimum atomic E-state index is -1.42. The van der Waals surface area contributed by atoms with Gasteiger partial charge >= 0.3 is 0 Å². The van der Waals surface area contributed by atoms with Crippen LogP contribution in [0.4, 0.5) is 4.39 Å². The lowest BCUT2D eigenvalue weighted by Gasteiger charge is -2.39. The first-order chi connectivity index (χ1) is 13.6. The van der Waals surface area contributed by atoms with Crippen molar-refractivity contribution in [2.45, 2.75) is 60.7 Å². The summed E-state index contributed by atoms with van der Waals surface area (Å²) in [5.41, 5.74) is 6.35. The predicted octanol–water partition coefficient (Wildman–Crippen LogP) is 1.53. The minimum absolute atomic E-state index is 0.00450. The Balaban J connectivity index is 1.68. The highest BCUT2D eigenvalue weighted by Crippen LogP contribution is 2.37. The zero-order valence-electron chi connectivity index (χ0n) is 17.3. The third kappa shape index (κ3) is 5.03. The summed E-state index contributed by atoms with van der Waals surface area (Å²) in [7, 11) is 3.35. The number of nitrogens with zero attached hydrogens (tertiary/aromatic N) is 3. The average Bonchev–Trinajstić information content (AvgIpc) is 3.26. The maximum atomic E-state index is 14.2. The van der Waals surface area contributed by atoms with Crippen LogP contribution in [-0.4, -0.2) is 81.9 Å². The first-order valence-corrected chi connectivity index (χ1v) is 11.6. The van der Waals surface area contributed by atoms with Crippen molar-refractivity contribution < 1.29 is 18.8 Å². The summed E-state index contributed by atoms with van der Waals surface area (Å²) in [6.45, 7) is 1.17. The molecule has 2 unspecified atom stereocenters. The number of carbonyl (C=O) groups excluding carboxylic acids is 3. The number of hydrogen-bond acceptors (Lipinski definition) is 4. The first kappa shape index (κ1) is 22.7. The molecule has 3 aliphatic rings. The van der Waals surface area contributed by atoms with Crippen LogP contribution in [0.5, 0.6) is 0 Å². The Kier molecular flexibility index (Phi) is 7.07. The molecule has 2 N–H and O–H groups in total. The number of hydrogen-bond donors (Lipinski definition) is 1. The van der Waals surface area contributed by atoms with Crippen molar-refractivity contribution >= 4 is 40.3 Å². The first-order valence-electron chi connectivity index (χ1n) is 10.5. The summed E-state index contributed by atoms with van der Waals surface area (Å²) in [6.07, 6.45) is 5.02. The van der Waals surface area contributed by atoms with Crippen molar-refractivity contribution in [1.82, 2.24) is 14.7 Å². The van der Waals surface area contributed by atoms with Crippen LogP contribution in [0.15, 0.2) is 0 Å². The molecule has 0 aromatic carbocycles. The van der Waals surface area contributed by atoms with Gasteiger partial charge in [0.2, 0.25) is 17.7 Å². The van der Waals surface area contributed by atoms with Gasteiger partial charge in [0.1, 0.15) is 0 Å². The van der Waals surface area contributed by atoms with Crippen LogP contribution >= 0.6 is 22.6 Å². The lowest BCUT2D eigenvalue weighted by molar-refractivity contribution is -0.143. The van der Waals surface area contributed by atoms with E-state index in [1.165, 1.54) is 9.80 Å². The topological polar surface area (TPSA) is 87.0 Å². The molecule has 2 aliphatic heterocycles. The number of nitrogens with two attached hydrogens (primary N) is 1. The lowest BCUT2D eigenvalue weighted by Crippen LogP contribution is -2.54. The molecule has 3 amide bonds. The fourth-order valence-electron chi connectivity index (χ4n) is 5.06. The van der Waals surface area contributed by atoms with Gasteiger partial charge in [-0.3, -0.25) is 14.4 Å². The van der Waals surface area contributed by atoms with Gasteiger partial charge in [0.25, 0.3) is 0 Å². The minimum Gasteiger partial charge on any atom is -0.349 e. The summed E-state index contributed by atoms with van der Waals surface area (Å²) in [5.74, 6) is -0.875. The second-order valence-corrected chi connectivity index (χ2v) is 10.8. The van der Waals surface area contributed by atoms with Crippen LogP contribution in [0.1, 0.15) is 44.9 Å². The molecule has 164 valence electrons. The standard InChI is InChI=1S/C20H32FIN4O3/c1-24(2)18(28)16(17(23)19(29)25-11-9-20(21,22)12-25)13-5-7-14(8-6-13)26-10-3-4-15(26)27/h13-14,16-17H,3-12,23H2,1-2H3/t13?,14?,16-,17?,20?/m0/s1. The molecule has 0 spiro atoms. The molecular weight excluding hydrogens is 490 g/mol. The molecule has 7 nitrogen and oxygen atoms in total. The molecule has 2 heterocycles. The molecule has 3 rings (SSSR count). The second kappa shape index (κ2) is 9.03. The van der Waals surface area contributed by atoms with Crippen LogP contribution in [0.3, 0.4) is 0 Å². The van der Waals surface area contributed by atoms with E-state index in [0.717, 1.165) is 38.6 Å². The van der Waals surface area contributed by atoms with Crippen LogP contribution in [0.2, 0.25) is 0 Å². The Bertz CT molecular complexity index is 652. The lowest BCUT2D eigenvalue weighted by atomic mass is 9.74. The van der Waals surface area contributed by atoms with Gasteiger partial charge < -0.3 is 20.4 Å².